The summed E-state index contributed by atoms with van der Waals surface area (Å²) >= 11 is 0. The van der Waals surface area contributed by atoms with Crippen LogP contribution in [0.3, 0.4) is 0 Å². The maximum atomic E-state index is 15.2. The smallest absolute Gasteiger partial charge is 0.310 e. The number of halogens is 17. The average molecular weight is 911 g/mol. The highest BCUT2D eigenvalue weighted by atomic mass is 32.2. The van der Waals surface area contributed by atoms with Gasteiger partial charge in [-0.25, -0.2) is 8.42 Å². The van der Waals surface area contributed by atoms with Crippen molar-refractivity contribution >= 4 is 27.1 Å². The number of nitro groups is 1. The second-order valence-electron chi connectivity index (χ2n) is 13.7. The van der Waals surface area contributed by atoms with Crippen LogP contribution < -0.4 is 4.90 Å². The van der Waals surface area contributed by atoms with Crippen LogP contribution >= 0.6 is 0 Å². The molecule has 0 spiro atoms. The number of para-hydroxylation sites is 1. The number of nitro benzene ring substituents is 1. The van der Waals surface area contributed by atoms with Crippen molar-refractivity contribution in [3.63, 3.8) is 0 Å². The van der Waals surface area contributed by atoms with Crippen molar-refractivity contribution in [1.82, 2.24) is 0 Å². The Morgan fingerprint density at radius 3 is 1.67 bits per heavy atom. The standard InChI is InChI=1S/C35H27F17N2O5S/c1-3-15-53-25-13-12-21(20-10-8-19(2)9-11-20)17-23(25)27(26(53)55,18-22-6-4-5-7-24(22)54(56)57)60(58,59)16-14-28(36,37)29(38,39)30(40,41)31(42,43)32(44,45)33(46,47)34(48,49)35(50,51)52/h4-13,17H,3,14-16,18H2,1-2H3. The zero-order valence-corrected chi connectivity index (χ0v) is 31.0. The molecule has 332 valence electrons. The van der Waals surface area contributed by atoms with Crippen molar-refractivity contribution < 1.29 is 92.8 Å². The highest BCUT2D eigenvalue weighted by Gasteiger charge is 2.95. The van der Waals surface area contributed by atoms with E-state index in [4.69, 9.17) is 0 Å². The molecule has 0 aliphatic carbocycles. The molecule has 1 heterocycles. The predicted molar refractivity (Wildman–Crippen MR) is 177 cm³/mol. The first-order valence-corrected chi connectivity index (χ1v) is 18.4. The third-order valence-electron chi connectivity index (χ3n) is 9.78. The number of carbonyl (C=O) groups excluding carboxylic acids is 1. The molecular formula is C35H27F17N2O5S. The van der Waals surface area contributed by atoms with E-state index in [0.717, 1.165) is 41.3 Å². The van der Waals surface area contributed by atoms with Crippen molar-refractivity contribution in [2.45, 2.75) is 85.5 Å². The van der Waals surface area contributed by atoms with Crippen LogP contribution in [0.15, 0.2) is 66.7 Å². The maximum absolute atomic E-state index is 15.2. The number of sulfone groups is 1. The lowest BCUT2D eigenvalue weighted by Crippen LogP contribution is -2.74. The van der Waals surface area contributed by atoms with Gasteiger partial charge in [0.1, 0.15) is 0 Å². The van der Waals surface area contributed by atoms with E-state index in [1.165, 1.54) is 25.1 Å². The van der Waals surface area contributed by atoms with Gasteiger partial charge in [-0.2, -0.15) is 74.6 Å². The van der Waals surface area contributed by atoms with Crippen LogP contribution in [0.5, 0.6) is 0 Å². The van der Waals surface area contributed by atoms with E-state index in [2.05, 4.69) is 0 Å². The molecule has 3 aromatic carbocycles. The van der Waals surface area contributed by atoms with Gasteiger partial charge >= 0.3 is 47.6 Å². The lowest BCUT2D eigenvalue weighted by Gasteiger charge is -2.42. The molecular weight excluding hydrogens is 883 g/mol. The second-order valence-corrected chi connectivity index (χ2v) is 16.0. The summed E-state index contributed by atoms with van der Waals surface area (Å²) in [5.41, 5.74) is -1.42. The van der Waals surface area contributed by atoms with Crippen LogP contribution in [0.4, 0.5) is 86.0 Å². The van der Waals surface area contributed by atoms with Gasteiger partial charge < -0.3 is 4.90 Å². The number of benzene rings is 3. The van der Waals surface area contributed by atoms with Crippen LogP contribution in [0.1, 0.15) is 36.5 Å². The molecule has 0 bridgehead atoms. The number of hydrogen-bond donors (Lipinski definition) is 0. The Balaban J connectivity index is 1.91. The van der Waals surface area contributed by atoms with E-state index in [-0.39, 0.29) is 24.2 Å². The van der Waals surface area contributed by atoms with Crippen LogP contribution in [0.2, 0.25) is 0 Å². The monoisotopic (exact) mass is 910 g/mol. The largest absolute Gasteiger partial charge is 0.460 e. The van der Waals surface area contributed by atoms with Crippen molar-refractivity contribution in [2.24, 2.45) is 0 Å². The summed E-state index contributed by atoms with van der Waals surface area (Å²) in [6.45, 7) is 2.74. The van der Waals surface area contributed by atoms with Crippen molar-refractivity contribution in [1.29, 1.82) is 0 Å². The minimum Gasteiger partial charge on any atom is -0.310 e. The van der Waals surface area contributed by atoms with Gasteiger partial charge in [-0.3, -0.25) is 14.9 Å². The zero-order chi connectivity index (χ0) is 46.1. The number of carbonyl (C=O) groups is 1. The Morgan fingerprint density at radius 1 is 0.683 bits per heavy atom. The molecule has 60 heavy (non-hydrogen) atoms. The molecule has 1 aliphatic heterocycles. The number of nitrogens with zero attached hydrogens (tertiary/aromatic N) is 2. The highest BCUT2D eigenvalue weighted by Crippen LogP contribution is 2.64. The topological polar surface area (TPSA) is 97.6 Å². The van der Waals surface area contributed by atoms with Gasteiger partial charge in [-0.1, -0.05) is 61.0 Å². The number of amides is 1. The van der Waals surface area contributed by atoms with E-state index in [0.29, 0.717) is 11.1 Å². The summed E-state index contributed by atoms with van der Waals surface area (Å²) in [7, 11) is -6.10. The Bertz CT molecular complexity index is 2250. The second kappa shape index (κ2) is 15.0. The molecule has 25 heteroatoms. The fourth-order valence-corrected chi connectivity index (χ4v) is 8.51. The fourth-order valence-electron chi connectivity index (χ4n) is 6.39. The van der Waals surface area contributed by atoms with Crippen LogP contribution in [0, 0.1) is 17.0 Å². The van der Waals surface area contributed by atoms with Gasteiger partial charge in [0, 0.05) is 42.3 Å². The summed E-state index contributed by atoms with van der Waals surface area (Å²) in [5.74, 6) is -63.1. The van der Waals surface area contributed by atoms with Gasteiger partial charge in [0.15, 0.2) is 14.6 Å². The quantitative estimate of drug-likeness (QED) is 0.0810. The third kappa shape index (κ3) is 7.00. The summed E-state index contributed by atoms with van der Waals surface area (Å²) in [5, 5.41) is 11.9. The van der Waals surface area contributed by atoms with Crippen LogP contribution in [0.25, 0.3) is 11.1 Å². The number of aryl methyl sites for hydroxylation is 1. The van der Waals surface area contributed by atoms with Gasteiger partial charge in [0.25, 0.3) is 11.6 Å². The van der Waals surface area contributed by atoms with Crippen molar-refractivity contribution in [2.75, 3.05) is 17.2 Å². The van der Waals surface area contributed by atoms with E-state index >= 15 is 8.78 Å². The molecule has 1 unspecified atom stereocenters. The summed E-state index contributed by atoms with van der Waals surface area (Å²) < 4.78 is 263. The van der Waals surface area contributed by atoms with Crippen LogP contribution in [-0.4, -0.2) is 79.2 Å². The third-order valence-corrected chi connectivity index (χ3v) is 12.1. The summed E-state index contributed by atoms with van der Waals surface area (Å²) in [6, 6.07) is 13.4. The van der Waals surface area contributed by atoms with Gasteiger partial charge in [0.05, 0.1) is 10.7 Å². The number of fused-ring (bicyclic) bond motifs is 1. The maximum Gasteiger partial charge on any atom is 0.460 e. The fraction of sp³-hybridized carbons (Fsp3) is 0.457. The first kappa shape index (κ1) is 48.0. The molecule has 7 nitrogen and oxygen atoms in total. The number of alkyl halides is 17. The van der Waals surface area contributed by atoms with Crippen LogP contribution in [-0.2, 0) is 25.8 Å². The molecule has 1 atom stereocenters. The summed E-state index contributed by atoms with van der Waals surface area (Å²) in [4.78, 5) is 26.0. The van der Waals surface area contributed by atoms with E-state index < -0.39 is 108 Å². The molecule has 0 saturated carbocycles. The molecule has 0 fully saturated rings. The van der Waals surface area contributed by atoms with Gasteiger partial charge in [-0.15, -0.1) is 0 Å². The highest BCUT2D eigenvalue weighted by molar-refractivity contribution is 7.93. The zero-order valence-electron chi connectivity index (χ0n) is 30.2. The van der Waals surface area contributed by atoms with Gasteiger partial charge in [-0.05, 0) is 36.6 Å². The molecule has 4 rings (SSSR count). The number of hydrogen-bond acceptors (Lipinski definition) is 5. The SMILES string of the molecule is CCCN1C(=O)C(Cc2ccccc2[N+](=O)[O-])(S(=O)(=O)CCC(F)(F)C(F)(F)C(F)(F)C(F)(F)C(F)(F)C(F)(F)C(F)(F)C(F)(F)F)c2cc(-c3ccc(C)cc3)ccc21. The summed E-state index contributed by atoms with van der Waals surface area (Å²) in [6.07, 6.45) is -12.7. The molecule has 1 amide bonds. The van der Waals surface area contributed by atoms with Crippen molar-refractivity contribution in [3.05, 3.63) is 93.5 Å². The van der Waals surface area contributed by atoms with E-state index in [1.807, 2.05) is 0 Å². The van der Waals surface area contributed by atoms with Crippen molar-refractivity contribution in [3.8, 4) is 11.1 Å². The van der Waals surface area contributed by atoms with E-state index in [9.17, 15) is 89.2 Å². The lowest BCUT2D eigenvalue weighted by molar-refractivity contribution is -0.461. The Hall–Kier alpha value is -4.71. The first-order valence-electron chi connectivity index (χ1n) is 16.7. The Labute approximate surface area is 327 Å². The Morgan fingerprint density at radius 2 is 1.17 bits per heavy atom. The minimum atomic E-state index is -8.89. The normalized spacial score (nSPS) is 17.6. The molecule has 0 radical (unpaired) electrons. The Kier molecular flexibility index (Phi) is 12.0. The molecule has 0 aromatic heterocycles. The predicted octanol–water partition coefficient (Wildman–Crippen LogP) is 10.6. The first-order chi connectivity index (χ1) is 27.1. The van der Waals surface area contributed by atoms with Gasteiger partial charge in [0.2, 0.25) is 0 Å². The minimum absolute atomic E-state index is 0.0126. The average Bonchev–Trinajstić information content (AvgIpc) is 3.37. The molecule has 3 aromatic rings. The number of anilines is 1. The number of rotatable bonds is 16. The molecule has 0 N–H and O–H groups in total. The van der Waals surface area contributed by atoms with E-state index in [1.54, 1.807) is 19.1 Å². The molecule has 1 aliphatic rings. The lowest BCUT2D eigenvalue weighted by atomic mass is 9.88. The molecule has 0 saturated heterocycles.